The molecule has 28 heavy (non-hydrogen) atoms. The van der Waals surface area contributed by atoms with E-state index < -0.39 is 0 Å². The average Bonchev–Trinajstić information content (AvgIpc) is 2.77. The summed E-state index contributed by atoms with van der Waals surface area (Å²) < 4.78 is 16.6. The number of para-hydroxylation sites is 1. The lowest BCUT2D eigenvalue weighted by Crippen LogP contribution is -2.33. The van der Waals surface area contributed by atoms with Crippen molar-refractivity contribution in [2.45, 2.75) is 25.3 Å². The van der Waals surface area contributed by atoms with Crippen molar-refractivity contribution in [3.8, 4) is 17.2 Å². The molecule has 1 fully saturated rings. The van der Waals surface area contributed by atoms with E-state index in [1.54, 1.807) is 21.3 Å². The van der Waals surface area contributed by atoms with E-state index in [0.717, 1.165) is 41.7 Å². The topological polar surface area (TPSA) is 56.7 Å². The second-order valence-corrected chi connectivity index (χ2v) is 6.90. The summed E-state index contributed by atoms with van der Waals surface area (Å²) in [6, 6.07) is 12.4. The zero-order chi connectivity index (χ0) is 19.5. The van der Waals surface area contributed by atoms with Crippen molar-refractivity contribution in [2.75, 3.05) is 32.8 Å². The minimum Gasteiger partial charge on any atom is -0.496 e. The first kappa shape index (κ1) is 18.3. The van der Waals surface area contributed by atoms with E-state index in [2.05, 4.69) is 27.2 Å². The number of ether oxygens (including phenoxy) is 3. The molecule has 0 bridgehead atoms. The van der Waals surface area contributed by atoms with Gasteiger partial charge in [-0.3, -0.25) is 0 Å². The Morgan fingerprint density at radius 3 is 2.46 bits per heavy atom. The molecule has 6 heteroatoms. The fourth-order valence-electron chi connectivity index (χ4n) is 4.09. The van der Waals surface area contributed by atoms with Crippen LogP contribution in [0.2, 0.25) is 0 Å². The number of anilines is 1. The molecule has 0 amide bonds. The van der Waals surface area contributed by atoms with Crippen LogP contribution in [0.4, 0.5) is 5.69 Å². The van der Waals surface area contributed by atoms with Crippen LogP contribution in [0.1, 0.15) is 30.9 Å². The molecule has 0 aliphatic carbocycles. The molecular formula is C22H25N3O3. The first-order valence-corrected chi connectivity index (χ1v) is 9.53. The van der Waals surface area contributed by atoms with Crippen LogP contribution in [0.15, 0.2) is 42.6 Å². The number of benzene rings is 2. The highest BCUT2D eigenvalue weighted by Gasteiger charge is 2.28. The molecule has 0 radical (unpaired) electrons. The Labute approximate surface area is 165 Å². The molecule has 2 aromatic carbocycles. The third-order valence-corrected chi connectivity index (χ3v) is 5.43. The van der Waals surface area contributed by atoms with Gasteiger partial charge in [0.1, 0.15) is 5.75 Å². The number of nitrogens with zero attached hydrogens (tertiary/aromatic N) is 3. The maximum absolute atomic E-state index is 5.65. The largest absolute Gasteiger partial charge is 0.496 e. The monoisotopic (exact) mass is 379 g/mol. The van der Waals surface area contributed by atoms with Crippen molar-refractivity contribution < 1.29 is 14.2 Å². The van der Waals surface area contributed by atoms with E-state index in [9.17, 15) is 0 Å². The third-order valence-electron chi connectivity index (χ3n) is 5.43. The first-order chi connectivity index (χ1) is 13.8. The summed E-state index contributed by atoms with van der Waals surface area (Å²) in [5.74, 6) is 2.27. The Kier molecular flexibility index (Phi) is 5.19. The number of hydrogen-bond donors (Lipinski definition) is 0. The standard InChI is InChI=1S/C22H25N3O3/c1-26-20-10-5-4-8-15(20)18-9-6-7-11-25(18)19-14-23-24-17-13-22(28-3)21(27-2)12-16(17)19/h4-5,8,10,12-14,18H,6-7,9,11H2,1-3H3. The van der Waals surface area contributed by atoms with Gasteiger partial charge in [-0.2, -0.15) is 10.2 Å². The van der Waals surface area contributed by atoms with Crippen LogP contribution in [-0.4, -0.2) is 38.1 Å². The zero-order valence-electron chi connectivity index (χ0n) is 16.5. The van der Waals surface area contributed by atoms with Crippen molar-refractivity contribution in [3.05, 3.63) is 48.2 Å². The maximum atomic E-state index is 5.65. The fraction of sp³-hybridized carbons (Fsp3) is 0.364. The third kappa shape index (κ3) is 3.19. The summed E-state index contributed by atoms with van der Waals surface area (Å²) in [5.41, 5.74) is 3.05. The van der Waals surface area contributed by atoms with E-state index in [1.165, 1.54) is 12.0 Å². The van der Waals surface area contributed by atoms with Crippen molar-refractivity contribution in [3.63, 3.8) is 0 Å². The van der Waals surface area contributed by atoms with Crippen LogP contribution in [0, 0.1) is 0 Å². The molecule has 146 valence electrons. The van der Waals surface area contributed by atoms with Gasteiger partial charge in [-0.25, -0.2) is 0 Å². The van der Waals surface area contributed by atoms with Crippen LogP contribution < -0.4 is 19.1 Å². The Hall–Kier alpha value is -3.02. The fourth-order valence-corrected chi connectivity index (χ4v) is 4.09. The quantitative estimate of drug-likeness (QED) is 0.655. The summed E-state index contributed by atoms with van der Waals surface area (Å²) in [5, 5.41) is 9.59. The minimum atomic E-state index is 0.227. The highest BCUT2D eigenvalue weighted by molar-refractivity contribution is 5.93. The first-order valence-electron chi connectivity index (χ1n) is 9.53. The predicted molar refractivity (Wildman–Crippen MR) is 110 cm³/mol. The maximum Gasteiger partial charge on any atom is 0.162 e. The molecule has 1 aliphatic rings. The van der Waals surface area contributed by atoms with E-state index in [-0.39, 0.29) is 6.04 Å². The summed E-state index contributed by atoms with van der Waals surface area (Å²) in [6.07, 6.45) is 5.25. The smallest absolute Gasteiger partial charge is 0.162 e. The summed E-state index contributed by atoms with van der Waals surface area (Å²) in [7, 11) is 5.01. The number of methoxy groups -OCH3 is 3. The van der Waals surface area contributed by atoms with Gasteiger partial charge in [0.15, 0.2) is 11.5 Å². The van der Waals surface area contributed by atoms with Gasteiger partial charge in [0.05, 0.1) is 44.8 Å². The van der Waals surface area contributed by atoms with Crippen LogP contribution in [0.25, 0.3) is 10.9 Å². The van der Waals surface area contributed by atoms with Crippen molar-refractivity contribution in [1.82, 2.24) is 10.2 Å². The van der Waals surface area contributed by atoms with Crippen LogP contribution in [0.3, 0.4) is 0 Å². The zero-order valence-corrected chi connectivity index (χ0v) is 16.5. The van der Waals surface area contributed by atoms with Gasteiger partial charge in [0, 0.05) is 23.6 Å². The van der Waals surface area contributed by atoms with Crippen LogP contribution in [0.5, 0.6) is 17.2 Å². The summed E-state index contributed by atoms with van der Waals surface area (Å²) in [4.78, 5) is 2.42. The lowest BCUT2D eigenvalue weighted by molar-refractivity contribution is 0.355. The second-order valence-electron chi connectivity index (χ2n) is 6.90. The Bertz CT molecular complexity index is 976. The number of aromatic nitrogens is 2. The molecule has 4 rings (SSSR count). The van der Waals surface area contributed by atoms with E-state index in [1.807, 2.05) is 30.5 Å². The second kappa shape index (κ2) is 7.92. The van der Waals surface area contributed by atoms with Crippen LogP contribution in [-0.2, 0) is 0 Å². The lowest BCUT2D eigenvalue weighted by Gasteiger charge is -2.38. The van der Waals surface area contributed by atoms with Gasteiger partial charge in [-0.15, -0.1) is 0 Å². The van der Waals surface area contributed by atoms with Gasteiger partial charge in [0.2, 0.25) is 0 Å². The molecule has 0 N–H and O–H groups in total. The molecule has 1 atom stereocenters. The predicted octanol–water partition coefficient (Wildman–Crippen LogP) is 4.39. The van der Waals surface area contributed by atoms with Crippen molar-refractivity contribution in [2.24, 2.45) is 0 Å². The molecule has 0 spiro atoms. The van der Waals surface area contributed by atoms with Gasteiger partial charge < -0.3 is 19.1 Å². The normalized spacial score (nSPS) is 16.8. The van der Waals surface area contributed by atoms with E-state index in [4.69, 9.17) is 14.2 Å². The Morgan fingerprint density at radius 2 is 1.68 bits per heavy atom. The van der Waals surface area contributed by atoms with E-state index >= 15 is 0 Å². The SMILES string of the molecule is COc1cc2nncc(N3CCCCC3c3ccccc3OC)c2cc1OC. The van der Waals surface area contributed by atoms with Crippen molar-refractivity contribution >= 4 is 16.6 Å². The Balaban J connectivity index is 1.85. The lowest BCUT2D eigenvalue weighted by atomic mass is 9.93. The highest BCUT2D eigenvalue weighted by atomic mass is 16.5. The molecule has 1 aromatic heterocycles. The van der Waals surface area contributed by atoms with Gasteiger partial charge >= 0.3 is 0 Å². The summed E-state index contributed by atoms with van der Waals surface area (Å²) in [6.45, 7) is 0.956. The average molecular weight is 379 g/mol. The van der Waals surface area contributed by atoms with Gasteiger partial charge in [-0.1, -0.05) is 18.2 Å². The number of rotatable bonds is 5. The molecule has 1 unspecified atom stereocenters. The minimum absolute atomic E-state index is 0.227. The molecule has 6 nitrogen and oxygen atoms in total. The Morgan fingerprint density at radius 1 is 0.929 bits per heavy atom. The number of piperidine rings is 1. The summed E-state index contributed by atoms with van der Waals surface area (Å²) >= 11 is 0. The molecule has 1 saturated heterocycles. The number of fused-ring (bicyclic) bond motifs is 1. The molecular weight excluding hydrogens is 354 g/mol. The van der Waals surface area contributed by atoms with Gasteiger partial charge in [0.25, 0.3) is 0 Å². The highest BCUT2D eigenvalue weighted by Crippen LogP contribution is 2.42. The van der Waals surface area contributed by atoms with E-state index in [0.29, 0.717) is 11.5 Å². The van der Waals surface area contributed by atoms with Gasteiger partial charge in [-0.05, 0) is 31.4 Å². The molecule has 0 saturated carbocycles. The molecule has 3 aromatic rings. The number of hydrogen-bond acceptors (Lipinski definition) is 6. The molecule has 1 aliphatic heterocycles. The molecule has 2 heterocycles. The van der Waals surface area contributed by atoms with Crippen molar-refractivity contribution in [1.29, 1.82) is 0 Å². The van der Waals surface area contributed by atoms with Crippen LogP contribution >= 0.6 is 0 Å².